The Morgan fingerprint density at radius 2 is 0.909 bits per heavy atom. The lowest BCUT2D eigenvalue weighted by Crippen LogP contribution is -2.41. The van der Waals surface area contributed by atoms with E-state index in [1.807, 2.05) is 0 Å². The molecule has 1 rings (SSSR count). The zero-order chi connectivity index (χ0) is 17.3. The maximum atomic E-state index is 12.4. The molecule has 0 aliphatic heterocycles. The van der Waals surface area contributed by atoms with Crippen molar-refractivity contribution in [2.24, 2.45) is 0 Å². The maximum absolute atomic E-state index is 12.4. The minimum absolute atomic E-state index is 0.266. The van der Waals surface area contributed by atoms with Crippen LogP contribution in [0, 0.1) is 0 Å². The number of hydrogen-bond acceptors (Lipinski definition) is 2. The quantitative estimate of drug-likeness (QED) is 0.453. The van der Waals surface area contributed by atoms with Gasteiger partial charge in [-0.05, 0) is 24.3 Å². The van der Waals surface area contributed by atoms with Crippen molar-refractivity contribution in [3.05, 3.63) is 24.3 Å². The number of amides is 2. The molecule has 0 aliphatic carbocycles. The van der Waals surface area contributed by atoms with Gasteiger partial charge in [0.1, 0.15) is 0 Å². The number of carbonyl (C=O) groups excluding carboxylic acids is 2. The molecule has 122 valence electrons. The summed E-state index contributed by atoms with van der Waals surface area (Å²) in [4.78, 5) is 18.1. The Balaban J connectivity index is 3.24. The second-order valence-corrected chi connectivity index (χ2v) is 3.63. The number of benzene rings is 1. The van der Waals surface area contributed by atoms with Crippen LogP contribution in [0.2, 0.25) is 0 Å². The fourth-order valence-electron chi connectivity index (χ4n) is 1.45. The van der Waals surface area contributed by atoms with Crippen molar-refractivity contribution in [1.29, 1.82) is 0 Å². The van der Waals surface area contributed by atoms with Gasteiger partial charge >= 0.3 is 24.9 Å². The summed E-state index contributed by atoms with van der Waals surface area (Å²) in [5.41, 5.74) is -2.31. The molecule has 22 heavy (non-hydrogen) atoms. The van der Waals surface area contributed by atoms with Crippen LogP contribution in [0.4, 0.5) is 56.1 Å². The Morgan fingerprint density at radius 3 is 1.05 bits per heavy atom. The van der Waals surface area contributed by atoms with Crippen molar-refractivity contribution in [3.8, 4) is 0 Å². The zero-order valence-corrected chi connectivity index (χ0v) is 10.0. The van der Waals surface area contributed by atoms with Gasteiger partial charge in [0.2, 0.25) is 0 Å². The molecule has 0 bridgehead atoms. The lowest BCUT2D eigenvalue weighted by atomic mass is 10.2. The van der Waals surface area contributed by atoms with Crippen molar-refractivity contribution in [3.63, 3.8) is 0 Å². The van der Waals surface area contributed by atoms with E-state index in [1.54, 1.807) is 0 Å². The minimum Gasteiger partial charge on any atom is -0.233 e. The van der Waals surface area contributed by atoms with E-state index in [2.05, 4.69) is 0 Å². The molecule has 0 atom stereocenters. The summed E-state index contributed by atoms with van der Waals surface area (Å²) in [6, 6.07) is 1.06. The summed E-state index contributed by atoms with van der Waals surface area (Å²) in [5, 5.41) is 0. The lowest BCUT2D eigenvalue weighted by Gasteiger charge is -2.24. The van der Waals surface area contributed by atoms with Crippen LogP contribution in [0.5, 0.6) is 0 Å². The first kappa shape index (κ1) is 17.7. The Labute approximate surface area is 116 Å². The normalized spacial score (nSPS) is 12.0. The summed E-state index contributed by atoms with van der Waals surface area (Å²) < 4.78 is 99.1. The van der Waals surface area contributed by atoms with Crippen LogP contribution in [0.3, 0.4) is 0 Å². The molecule has 0 N–H and O–H groups in total. The summed E-state index contributed by atoms with van der Waals surface area (Å²) >= 11 is 0. The van der Waals surface area contributed by atoms with Gasteiger partial charge in [-0.2, -0.15) is 9.80 Å². The highest BCUT2D eigenvalue weighted by Gasteiger charge is 2.44. The summed E-state index contributed by atoms with van der Waals surface area (Å²) in [5.74, 6) is 0. The van der Waals surface area contributed by atoms with Crippen molar-refractivity contribution in [1.82, 2.24) is 0 Å². The number of halogens is 8. The van der Waals surface area contributed by atoms with Crippen LogP contribution in [-0.4, -0.2) is 24.9 Å². The number of nitrogens with zero attached hydrogens (tertiary/aromatic N) is 2. The number of carbonyl (C=O) groups is 2. The Hall–Kier alpha value is -2.40. The first-order chi connectivity index (χ1) is 9.85. The highest BCUT2D eigenvalue weighted by Crippen LogP contribution is 2.34. The second kappa shape index (κ2) is 5.77. The van der Waals surface area contributed by atoms with Crippen molar-refractivity contribution in [2.45, 2.75) is 12.6 Å². The monoisotopic (exact) mass is 336 g/mol. The van der Waals surface area contributed by atoms with Crippen molar-refractivity contribution < 1.29 is 44.7 Å². The Kier molecular flexibility index (Phi) is 4.63. The van der Waals surface area contributed by atoms with Gasteiger partial charge in [-0.1, -0.05) is 0 Å². The van der Waals surface area contributed by atoms with Crippen LogP contribution in [0.15, 0.2) is 24.3 Å². The number of hydrogen-bond donors (Lipinski definition) is 0. The van der Waals surface area contributed by atoms with Gasteiger partial charge in [0.15, 0.2) is 0 Å². The van der Waals surface area contributed by atoms with E-state index in [9.17, 15) is 44.7 Å². The summed E-state index contributed by atoms with van der Waals surface area (Å²) in [6.07, 6.45) is -16.8. The standard InChI is InChI=1S/C10H4F8N2O2/c11-7(21)19(9(13,14)15)5-1-2-6(4-3-5)20(8(12)22)10(16,17)18/h1-4H. The van der Waals surface area contributed by atoms with E-state index in [1.165, 1.54) is 0 Å². The van der Waals surface area contributed by atoms with E-state index in [4.69, 9.17) is 0 Å². The molecule has 12 heteroatoms. The molecular formula is C10H4F8N2O2. The van der Waals surface area contributed by atoms with Crippen LogP contribution in [0.25, 0.3) is 0 Å². The van der Waals surface area contributed by atoms with E-state index in [0.29, 0.717) is 0 Å². The number of rotatable bonds is 2. The largest absolute Gasteiger partial charge is 0.493 e. The molecule has 0 aromatic heterocycles. The van der Waals surface area contributed by atoms with Crippen LogP contribution >= 0.6 is 0 Å². The van der Waals surface area contributed by atoms with Gasteiger partial charge in [-0.3, -0.25) is 0 Å². The molecule has 0 unspecified atom stereocenters. The predicted octanol–water partition coefficient (Wildman–Crippen LogP) is 4.52. The minimum atomic E-state index is -5.47. The molecule has 0 radical (unpaired) electrons. The van der Waals surface area contributed by atoms with Gasteiger partial charge < -0.3 is 0 Å². The third-order valence-electron chi connectivity index (χ3n) is 2.22. The van der Waals surface area contributed by atoms with Gasteiger partial charge in [0.05, 0.1) is 11.4 Å². The molecule has 1 aromatic carbocycles. The molecule has 4 nitrogen and oxygen atoms in total. The van der Waals surface area contributed by atoms with E-state index < -0.39 is 46.1 Å². The Bertz CT molecular complexity index is 515. The number of alkyl halides is 6. The first-order valence-corrected chi connectivity index (χ1v) is 5.08. The lowest BCUT2D eigenvalue weighted by molar-refractivity contribution is -0.124. The molecule has 0 heterocycles. The predicted molar refractivity (Wildman–Crippen MR) is 56.5 cm³/mol. The average Bonchev–Trinajstić information content (AvgIpc) is 2.26. The molecule has 0 spiro atoms. The van der Waals surface area contributed by atoms with Crippen molar-refractivity contribution in [2.75, 3.05) is 9.80 Å². The van der Waals surface area contributed by atoms with Crippen LogP contribution in [-0.2, 0) is 0 Å². The van der Waals surface area contributed by atoms with Crippen LogP contribution < -0.4 is 9.80 Å². The van der Waals surface area contributed by atoms with E-state index in [-0.39, 0.29) is 24.3 Å². The van der Waals surface area contributed by atoms with Crippen molar-refractivity contribution >= 4 is 23.7 Å². The average molecular weight is 336 g/mol. The third kappa shape index (κ3) is 3.83. The third-order valence-corrected chi connectivity index (χ3v) is 2.22. The zero-order valence-electron chi connectivity index (χ0n) is 10.0. The van der Waals surface area contributed by atoms with E-state index in [0.717, 1.165) is 0 Å². The van der Waals surface area contributed by atoms with Gasteiger partial charge in [0.25, 0.3) is 0 Å². The van der Waals surface area contributed by atoms with Crippen LogP contribution in [0.1, 0.15) is 0 Å². The maximum Gasteiger partial charge on any atom is 0.493 e. The summed E-state index contributed by atoms with van der Waals surface area (Å²) in [7, 11) is 0. The van der Waals surface area contributed by atoms with Gasteiger partial charge in [0, 0.05) is 0 Å². The first-order valence-electron chi connectivity index (χ1n) is 5.08. The molecule has 1 aromatic rings. The fourth-order valence-corrected chi connectivity index (χ4v) is 1.45. The van der Waals surface area contributed by atoms with Gasteiger partial charge in [-0.15, -0.1) is 35.1 Å². The smallest absolute Gasteiger partial charge is 0.233 e. The molecule has 2 amide bonds. The number of anilines is 2. The molecular weight excluding hydrogens is 332 g/mol. The molecule has 0 aliphatic rings. The van der Waals surface area contributed by atoms with Gasteiger partial charge in [-0.25, -0.2) is 9.59 Å². The SMILES string of the molecule is O=C(F)N(c1ccc(N(C(=O)F)C(F)(F)F)cc1)C(F)(F)F. The van der Waals surface area contributed by atoms with E-state index >= 15 is 0 Å². The Morgan fingerprint density at radius 1 is 0.682 bits per heavy atom. The molecule has 0 fully saturated rings. The second-order valence-electron chi connectivity index (χ2n) is 3.63. The summed E-state index contributed by atoms with van der Waals surface area (Å²) in [6.45, 7) is 0. The topological polar surface area (TPSA) is 40.6 Å². The highest BCUT2D eigenvalue weighted by molar-refractivity contribution is 5.90. The highest BCUT2D eigenvalue weighted by atomic mass is 19.4. The molecule has 0 saturated carbocycles. The molecule has 0 saturated heterocycles. The fraction of sp³-hybridized carbons (Fsp3) is 0.200.